The summed E-state index contributed by atoms with van der Waals surface area (Å²) in [7, 11) is 0. The summed E-state index contributed by atoms with van der Waals surface area (Å²) < 4.78 is 7.35. The molecular weight excluding hydrogens is 528 g/mol. The monoisotopic (exact) mass is 558 g/mol. The van der Waals surface area contributed by atoms with Crippen LogP contribution >= 0.6 is 11.6 Å². The van der Waals surface area contributed by atoms with Crippen LogP contribution in [0.2, 0.25) is 0 Å². The second kappa shape index (κ2) is 11.1. The van der Waals surface area contributed by atoms with Crippen LogP contribution in [0.3, 0.4) is 0 Å². The predicted octanol–water partition coefficient (Wildman–Crippen LogP) is 4.51. The van der Waals surface area contributed by atoms with Gasteiger partial charge in [-0.25, -0.2) is 9.50 Å². The average Bonchev–Trinajstić information content (AvgIpc) is 3.60. The molecule has 3 aromatic heterocycles. The fraction of sp³-hybridized carbons (Fsp3) is 0.379. The van der Waals surface area contributed by atoms with Crippen molar-refractivity contribution in [3.63, 3.8) is 0 Å². The van der Waals surface area contributed by atoms with Crippen molar-refractivity contribution in [2.75, 3.05) is 24.6 Å². The highest BCUT2D eigenvalue weighted by molar-refractivity contribution is 6.33. The number of hydrogen-bond donors (Lipinski definition) is 1. The van der Waals surface area contributed by atoms with Gasteiger partial charge in [0.15, 0.2) is 0 Å². The first-order chi connectivity index (χ1) is 19.3. The molecular formula is C29H31ClN8O2. The highest BCUT2D eigenvalue weighted by Crippen LogP contribution is 2.45. The summed E-state index contributed by atoms with van der Waals surface area (Å²) in [6.45, 7) is 11.5. The maximum atomic E-state index is 12.9. The lowest BCUT2D eigenvalue weighted by molar-refractivity contribution is -0.119. The molecule has 0 unspecified atom stereocenters. The van der Waals surface area contributed by atoms with Crippen molar-refractivity contribution >= 4 is 35.6 Å². The standard InChI is InChI=1S/C29H31ClN8O2/c1-5-7-23(30)26(32-4)28(39)36-29(3)9-18-15-37(16-19(18)10-29)25-14-33-24(13-34-25)22-8-21(40-6-2)17-38-27(22)20(11-31)12-35-38/h5,7-8,12-14,17-19H,4,6,9-10,15-16H2,1-3H3,(H,36,39)/b7-5-,26-23+/t18-,19+,29+. The number of pyridine rings is 1. The third kappa shape index (κ3) is 5.17. The van der Waals surface area contributed by atoms with E-state index in [1.165, 1.54) is 6.20 Å². The summed E-state index contributed by atoms with van der Waals surface area (Å²) in [6, 6.07) is 4.07. The van der Waals surface area contributed by atoms with E-state index in [4.69, 9.17) is 26.3 Å². The Labute approximate surface area is 238 Å². The van der Waals surface area contributed by atoms with Gasteiger partial charge in [-0.15, -0.1) is 0 Å². The maximum Gasteiger partial charge on any atom is 0.271 e. The molecule has 40 heavy (non-hydrogen) atoms. The molecule has 3 atom stereocenters. The van der Waals surface area contributed by atoms with Gasteiger partial charge in [-0.3, -0.25) is 14.8 Å². The van der Waals surface area contributed by atoms with Gasteiger partial charge in [0.25, 0.3) is 5.91 Å². The predicted molar refractivity (Wildman–Crippen MR) is 154 cm³/mol. The van der Waals surface area contributed by atoms with Crippen LogP contribution in [0.1, 0.15) is 39.2 Å². The third-order valence-corrected chi connectivity index (χ3v) is 7.89. The SMILES string of the molecule is C=N/C(C(=O)N[C@]1(C)C[C@H]2CN(c3cnc(-c4cc(OCC)cn5ncc(C#N)c45)cn3)C[C@H]2C1)=C(Cl)\C=C/C. The summed E-state index contributed by atoms with van der Waals surface area (Å²) in [5.41, 5.74) is 2.29. The topological polar surface area (TPSA) is 121 Å². The Hall–Kier alpha value is -4.23. The molecule has 1 aliphatic carbocycles. The normalized spacial score (nSPS) is 22.7. The van der Waals surface area contributed by atoms with E-state index in [1.54, 1.807) is 35.3 Å². The molecule has 1 N–H and O–H groups in total. The van der Waals surface area contributed by atoms with Crippen molar-refractivity contribution in [3.05, 3.63) is 59.3 Å². The molecule has 5 rings (SSSR count). The van der Waals surface area contributed by atoms with Gasteiger partial charge in [-0.05, 0) is 64.3 Å². The number of nitriles is 1. The molecule has 2 aliphatic rings. The van der Waals surface area contributed by atoms with Crippen molar-refractivity contribution in [2.45, 2.75) is 39.2 Å². The van der Waals surface area contributed by atoms with E-state index in [0.29, 0.717) is 41.0 Å². The molecule has 10 nitrogen and oxygen atoms in total. The number of amides is 1. The lowest BCUT2D eigenvalue weighted by Gasteiger charge is -2.29. The van der Waals surface area contributed by atoms with E-state index in [-0.39, 0.29) is 22.2 Å². The van der Waals surface area contributed by atoms with Gasteiger partial charge < -0.3 is 15.0 Å². The average molecular weight is 559 g/mol. The van der Waals surface area contributed by atoms with Crippen LogP contribution in [0.4, 0.5) is 5.82 Å². The molecule has 1 aliphatic heterocycles. The van der Waals surface area contributed by atoms with Gasteiger partial charge in [-0.2, -0.15) is 10.4 Å². The molecule has 2 fully saturated rings. The van der Waals surface area contributed by atoms with Crippen molar-refractivity contribution in [3.8, 4) is 23.1 Å². The Morgan fingerprint density at radius 1 is 1.32 bits per heavy atom. The number of aromatic nitrogens is 4. The van der Waals surface area contributed by atoms with Crippen LogP contribution in [0.15, 0.2) is 58.7 Å². The molecule has 0 aromatic carbocycles. The van der Waals surface area contributed by atoms with E-state index in [2.05, 4.69) is 40.0 Å². The molecule has 0 spiro atoms. The number of allylic oxidation sites excluding steroid dienone is 3. The minimum atomic E-state index is -0.349. The Kier molecular flexibility index (Phi) is 7.59. The maximum absolute atomic E-state index is 12.9. The van der Waals surface area contributed by atoms with Crippen LogP contribution in [-0.2, 0) is 4.79 Å². The molecule has 0 bridgehead atoms. The molecule has 4 heterocycles. The third-order valence-electron chi connectivity index (χ3n) is 7.59. The number of aliphatic imine (C=N–C) groups is 1. The van der Waals surface area contributed by atoms with E-state index in [1.807, 2.05) is 19.9 Å². The van der Waals surface area contributed by atoms with Crippen molar-refractivity contribution in [1.82, 2.24) is 24.9 Å². The Balaban J connectivity index is 1.30. The minimum Gasteiger partial charge on any atom is -0.492 e. The van der Waals surface area contributed by atoms with Crippen LogP contribution < -0.4 is 15.0 Å². The van der Waals surface area contributed by atoms with Crippen molar-refractivity contribution < 1.29 is 9.53 Å². The van der Waals surface area contributed by atoms with Crippen LogP contribution in [0, 0.1) is 23.2 Å². The molecule has 3 aromatic rings. The first-order valence-corrected chi connectivity index (χ1v) is 13.6. The number of fused-ring (bicyclic) bond motifs is 2. The van der Waals surface area contributed by atoms with Gasteiger partial charge in [0, 0.05) is 24.2 Å². The van der Waals surface area contributed by atoms with Gasteiger partial charge in [-0.1, -0.05) is 17.7 Å². The second-order valence-electron chi connectivity index (χ2n) is 10.4. The quantitative estimate of drug-likeness (QED) is 0.245. The summed E-state index contributed by atoms with van der Waals surface area (Å²) in [5, 5.41) is 17.3. The molecule has 11 heteroatoms. The van der Waals surface area contributed by atoms with E-state index in [0.717, 1.165) is 37.3 Å². The number of ether oxygens (including phenoxy) is 1. The first-order valence-electron chi connectivity index (χ1n) is 13.2. The van der Waals surface area contributed by atoms with Gasteiger partial charge in [0.1, 0.15) is 23.3 Å². The largest absolute Gasteiger partial charge is 0.492 e. The Morgan fingerprint density at radius 2 is 2.08 bits per heavy atom. The zero-order chi connectivity index (χ0) is 28.4. The van der Waals surface area contributed by atoms with Crippen molar-refractivity contribution in [1.29, 1.82) is 5.26 Å². The summed E-state index contributed by atoms with van der Waals surface area (Å²) in [4.78, 5) is 28.4. The second-order valence-corrected chi connectivity index (χ2v) is 10.9. The first kappa shape index (κ1) is 27.3. The Bertz CT molecular complexity index is 1540. The number of anilines is 1. The van der Waals surface area contributed by atoms with Gasteiger partial charge in [0.05, 0.1) is 53.2 Å². The summed E-state index contributed by atoms with van der Waals surface area (Å²) in [6.07, 6.45) is 11.9. The lowest BCUT2D eigenvalue weighted by Crippen LogP contribution is -2.45. The smallest absolute Gasteiger partial charge is 0.271 e. The zero-order valence-corrected chi connectivity index (χ0v) is 23.5. The van der Waals surface area contributed by atoms with Crippen LogP contribution in [0.25, 0.3) is 16.8 Å². The lowest BCUT2D eigenvalue weighted by atomic mass is 9.97. The van der Waals surface area contributed by atoms with Crippen LogP contribution in [0.5, 0.6) is 5.75 Å². The highest BCUT2D eigenvalue weighted by atomic mass is 35.5. The number of carbonyl (C=O) groups excluding carboxylic acids is 1. The summed E-state index contributed by atoms with van der Waals surface area (Å²) >= 11 is 6.22. The number of nitrogens with zero attached hydrogens (tertiary/aromatic N) is 7. The molecule has 1 saturated heterocycles. The number of halogens is 1. The molecule has 1 amide bonds. The molecule has 0 radical (unpaired) electrons. The van der Waals surface area contributed by atoms with Crippen LogP contribution in [-0.4, -0.2) is 57.4 Å². The number of carbonyl (C=O) groups is 1. The summed E-state index contributed by atoms with van der Waals surface area (Å²) in [5.74, 6) is 1.96. The Morgan fingerprint density at radius 3 is 2.67 bits per heavy atom. The van der Waals surface area contributed by atoms with E-state index in [9.17, 15) is 10.1 Å². The number of nitrogens with one attached hydrogen (secondary N) is 1. The number of rotatable bonds is 8. The highest BCUT2D eigenvalue weighted by Gasteiger charge is 2.48. The fourth-order valence-electron chi connectivity index (χ4n) is 5.99. The fourth-order valence-corrected chi connectivity index (χ4v) is 6.26. The van der Waals surface area contributed by atoms with Gasteiger partial charge in [0.2, 0.25) is 0 Å². The molecule has 206 valence electrons. The molecule has 1 saturated carbocycles. The van der Waals surface area contributed by atoms with Crippen molar-refractivity contribution in [2.24, 2.45) is 16.8 Å². The van der Waals surface area contributed by atoms with E-state index < -0.39 is 0 Å². The van der Waals surface area contributed by atoms with Gasteiger partial charge >= 0.3 is 0 Å². The number of hydrogen-bond acceptors (Lipinski definition) is 8. The van der Waals surface area contributed by atoms with E-state index >= 15 is 0 Å². The minimum absolute atomic E-state index is 0.136. The zero-order valence-electron chi connectivity index (χ0n) is 22.8.